The van der Waals surface area contributed by atoms with Crippen LogP contribution in [0.25, 0.3) is 10.8 Å². The molecular weight excluding hydrogens is 390 g/mol. The van der Waals surface area contributed by atoms with Crippen molar-refractivity contribution in [1.82, 2.24) is 5.32 Å². The Balaban J connectivity index is 1.46. The number of carbonyl (C=O) groups is 2. The molecule has 1 aliphatic carbocycles. The predicted molar refractivity (Wildman–Crippen MR) is 120 cm³/mol. The largest absolute Gasteiger partial charge is 0.497 e. The maximum Gasteiger partial charge on any atom is 0.313 e. The fraction of sp³-hybridized carbons (Fsp3) is 0.231. The molecular formula is C26H25NO4. The third kappa shape index (κ3) is 4.45. The van der Waals surface area contributed by atoms with Gasteiger partial charge in [0, 0.05) is 11.6 Å². The van der Waals surface area contributed by atoms with E-state index in [1.807, 2.05) is 78.9 Å². The second kappa shape index (κ2) is 9.04. The standard InChI is InChI=1S/C26H25NO4/c1-30-23-13-10-18(11-14-23)24(26(29)31-2)20-9-12-22(16-20)27-25(28)21-8-7-17-5-3-4-6-19(17)15-21/h3-15,20,22,24H,16H2,1-2H3,(H,27,28)/t20-,22-,24+/m0/s1. The van der Waals surface area contributed by atoms with Gasteiger partial charge in [-0.2, -0.15) is 0 Å². The Labute approximate surface area is 181 Å². The molecule has 5 nitrogen and oxygen atoms in total. The zero-order valence-electron chi connectivity index (χ0n) is 17.6. The highest BCUT2D eigenvalue weighted by Crippen LogP contribution is 2.35. The molecule has 0 fully saturated rings. The van der Waals surface area contributed by atoms with Crippen LogP contribution in [0.15, 0.2) is 78.9 Å². The molecule has 3 aromatic rings. The summed E-state index contributed by atoms with van der Waals surface area (Å²) in [6.45, 7) is 0. The minimum absolute atomic E-state index is 0.0669. The van der Waals surface area contributed by atoms with Gasteiger partial charge < -0.3 is 14.8 Å². The zero-order chi connectivity index (χ0) is 21.8. The number of rotatable bonds is 6. The van der Waals surface area contributed by atoms with Crippen LogP contribution in [0.3, 0.4) is 0 Å². The molecule has 1 aliphatic rings. The van der Waals surface area contributed by atoms with E-state index in [0.29, 0.717) is 12.0 Å². The zero-order valence-corrected chi connectivity index (χ0v) is 17.6. The van der Waals surface area contributed by atoms with Gasteiger partial charge in [-0.1, -0.05) is 54.6 Å². The lowest BCUT2D eigenvalue weighted by molar-refractivity contribution is -0.143. The number of hydrogen-bond donors (Lipinski definition) is 1. The van der Waals surface area contributed by atoms with E-state index < -0.39 is 5.92 Å². The Bertz CT molecular complexity index is 1120. The van der Waals surface area contributed by atoms with Crippen molar-refractivity contribution >= 4 is 22.6 Å². The number of nitrogens with one attached hydrogen (secondary N) is 1. The van der Waals surface area contributed by atoms with Crippen LogP contribution in [0, 0.1) is 5.92 Å². The van der Waals surface area contributed by atoms with Gasteiger partial charge in [-0.3, -0.25) is 9.59 Å². The quantitative estimate of drug-likeness (QED) is 0.476. The van der Waals surface area contributed by atoms with Gasteiger partial charge in [0.05, 0.1) is 20.1 Å². The highest BCUT2D eigenvalue weighted by atomic mass is 16.5. The Hall–Kier alpha value is -3.60. The summed E-state index contributed by atoms with van der Waals surface area (Å²) in [4.78, 5) is 25.4. The lowest BCUT2D eigenvalue weighted by atomic mass is 9.85. The average molecular weight is 415 g/mol. The van der Waals surface area contributed by atoms with Crippen molar-refractivity contribution in [2.45, 2.75) is 18.4 Å². The number of ether oxygens (including phenoxy) is 2. The van der Waals surface area contributed by atoms with Crippen LogP contribution in [-0.4, -0.2) is 32.1 Å². The first-order valence-corrected chi connectivity index (χ1v) is 10.3. The van der Waals surface area contributed by atoms with Crippen LogP contribution in [0.5, 0.6) is 5.75 Å². The van der Waals surface area contributed by atoms with Gasteiger partial charge in [-0.05, 0) is 52.9 Å². The molecule has 1 amide bonds. The molecule has 3 aromatic carbocycles. The van der Waals surface area contributed by atoms with E-state index in [4.69, 9.17) is 9.47 Å². The molecule has 4 rings (SSSR count). The molecule has 5 heteroatoms. The molecule has 0 heterocycles. The first kappa shape index (κ1) is 20.7. The minimum Gasteiger partial charge on any atom is -0.497 e. The molecule has 0 aliphatic heterocycles. The Kier molecular flexibility index (Phi) is 6.03. The van der Waals surface area contributed by atoms with E-state index in [1.165, 1.54) is 7.11 Å². The van der Waals surface area contributed by atoms with Crippen LogP contribution in [-0.2, 0) is 9.53 Å². The minimum atomic E-state index is -0.435. The van der Waals surface area contributed by atoms with Crippen molar-refractivity contribution in [3.63, 3.8) is 0 Å². The first-order valence-electron chi connectivity index (χ1n) is 10.3. The summed E-state index contributed by atoms with van der Waals surface area (Å²) in [5.74, 6) is -0.186. The monoisotopic (exact) mass is 415 g/mol. The number of carbonyl (C=O) groups excluding carboxylic acids is 2. The number of benzene rings is 3. The van der Waals surface area contributed by atoms with Crippen LogP contribution in [0.2, 0.25) is 0 Å². The van der Waals surface area contributed by atoms with Gasteiger partial charge in [0.25, 0.3) is 5.91 Å². The van der Waals surface area contributed by atoms with Crippen LogP contribution >= 0.6 is 0 Å². The number of amides is 1. The third-order valence-corrected chi connectivity index (χ3v) is 5.80. The summed E-state index contributed by atoms with van der Waals surface area (Å²) in [7, 11) is 3.01. The first-order chi connectivity index (χ1) is 15.1. The van der Waals surface area contributed by atoms with Gasteiger partial charge in [0.2, 0.25) is 0 Å². The molecule has 0 saturated heterocycles. The van der Waals surface area contributed by atoms with Crippen molar-refractivity contribution in [2.24, 2.45) is 5.92 Å². The number of esters is 1. The van der Waals surface area contributed by atoms with Gasteiger partial charge >= 0.3 is 5.97 Å². The maximum absolute atomic E-state index is 12.8. The molecule has 0 unspecified atom stereocenters. The van der Waals surface area contributed by atoms with E-state index in [9.17, 15) is 9.59 Å². The molecule has 3 atom stereocenters. The number of hydrogen-bond acceptors (Lipinski definition) is 4. The lowest BCUT2D eigenvalue weighted by Crippen LogP contribution is -2.33. The fourth-order valence-electron chi connectivity index (χ4n) is 4.16. The molecule has 0 radical (unpaired) electrons. The second-order valence-corrected chi connectivity index (χ2v) is 7.70. The highest BCUT2D eigenvalue weighted by molar-refractivity contribution is 5.98. The molecule has 0 spiro atoms. The van der Waals surface area contributed by atoms with Crippen molar-refractivity contribution in [1.29, 1.82) is 0 Å². The third-order valence-electron chi connectivity index (χ3n) is 5.80. The van der Waals surface area contributed by atoms with E-state index in [2.05, 4.69) is 5.32 Å². The normalized spacial score (nSPS) is 18.5. The van der Waals surface area contributed by atoms with E-state index in [-0.39, 0.29) is 23.8 Å². The summed E-state index contributed by atoms with van der Waals surface area (Å²) in [5.41, 5.74) is 1.49. The Morgan fingerprint density at radius 1 is 0.935 bits per heavy atom. The number of allylic oxidation sites excluding steroid dienone is 1. The maximum atomic E-state index is 12.8. The van der Waals surface area contributed by atoms with E-state index in [0.717, 1.165) is 22.1 Å². The second-order valence-electron chi connectivity index (χ2n) is 7.70. The summed E-state index contributed by atoms with van der Waals surface area (Å²) >= 11 is 0. The molecule has 31 heavy (non-hydrogen) atoms. The summed E-state index contributed by atoms with van der Waals surface area (Å²) < 4.78 is 10.3. The molecule has 0 saturated carbocycles. The molecule has 0 aromatic heterocycles. The Morgan fingerprint density at radius 3 is 2.39 bits per heavy atom. The average Bonchev–Trinajstić information content (AvgIpc) is 3.26. The molecule has 158 valence electrons. The van der Waals surface area contributed by atoms with Crippen molar-refractivity contribution in [2.75, 3.05) is 14.2 Å². The van der Waals surface area contributed by atoms with Crippen molar-refractivity contribution < 1.29 is 19.1 Å². The number of fused-ring (bicyclic) bond motifs is 1. The topological polar surface area (TPSA) is 64.6 Å². The molecule has 0 bridgehead atoms. The predicted octanol–water partition coefficient (Wildman–Crippen LogP) is 4.48. The van der Waals surface area contributed by atoms with Crippen LogP contribution < -0.4 is 10.1 Å². The highest BCUT2D eigenvalue weighted by Gasteiger charge is 2.34. The smallest absolute Gasteiger partial charge is 0.313 e. The summed E-state index contributed by atoms with van der Waals surface area (Å²) in [6, 6.07) is 20.9. The van der Waals surface area contributed by atoms with Crippen LogP contribution in [0.1, 0.15) is 28.3 Å². The summed E-state index contributed by atoms with van der Waals surface area (Å²) in [6.07, 6.45) is 4.59. The molecule has 1 N–H and O–H groups in total. The lowest BCUT2D eigenvalue weighted by Gasteiger charge is -2.22. The van der Waals surface area contributed by atoms with E-state index >= 15 is 0 Å². The van der Waals surface area contributed by atoms with Crippen molar-refractivity contribution in [3.05, 3.63) is 90.0 Å². The fourth-order valence-corrected chi connectivity index (χ4v) is 4.16. The van der Waals surface area contributed by atoms with Gasteiger partial charge in [-0.15, -0.1) is 0 Å². The van der Waals surface area contributed by atoms with Gasteiger partial charge in [0.15, 0.2) is 0 Å². The van der Waals surface area contributed by atoms with Gasteiger partial charge in [-0.25, -0.2) is 0 Å². The SMILES string of the molecule is COC(=O)[C@H](c1ccc(OC)cc1)[C@H]1C=C[C@H](NC(=O)c2ccc3ccccc3c2)C1. The Morgan fingerprint density at radius 2 is 1.68 bits per heavy atom. The van der Waals surface area contributed by atoms with Crippen LogP contribution in [0.4, 0.5) is 0 Å². The van der Waals surface area contributed by atoms with Gasteiger partial charge in [0.1, 0.15) is 5.75 Å². The van der Waals surface area contributed by atoms with Crippen molar-refractivity contribution in [3.8, 4) is 5.75 Å². The van der Waals surface area contributed by atoms with E-state index in [1.54, 1.807) is 7.11 Å². The summed E-state index contributed by atoms with van der Waals surface area (Å²) in [5, 5.41) is 5.20. The number of methoxy groups -OCH3 is 2.